The van der Waals surface area contributed by atoms with Crippen molar-refractivity contribution in [2.45, 2.75) is 71.6 Å². The summed E-state index contributed by atoms with van der Waals surface area (Å²) >= 11 is 0. The zero-order chi connectivity index (χ0) is 17.9. The van der Waals surface area contributed by atoms with Crippen molar-refractivity contribution in [3.8, 4) is 0 Å². The highest BCUT2D eigenvalue weighted by atomic mass is 16.6. The first-order valence-corrected chi connectivity index (χ1v) is 8.53. The Morgan fingerprint density at radius 3 is 2.67 bits per heavy atom. The normalized spacial score (nSPS) is 18.7. The predicted molar refractivity (Wildman–Crippen MR) is 90.5 cm³/mol. The number of hydrogen-bond acceptors (Lipinski definition) is 4. The summed E-state index contributed by atoms with van der Waals surface area (Å²) in [4.78, 5) is 24.7. The molecular weight excluding hydrogens is 308 g/mol. The van der Waals surface area contributed by atoms with Gasteiger partial charge in [0, 0.05) is 12.0 Å². The molecule has 1 aromatic rings. The molecule has 2 N–H and O–H groups in total. The number of carbonyl (C=O) groups excluding carboxylic acids is 2. The van der Waals surface area contributed by atoms with Crippen LogP contribution in [0.1, 0.15) is 64.8 Å². The number of hydrogen-bond donors (Lipinski definition) is 2. The van der Waals surface area contributed by atoms with Gasteiger partial charge in [0.2, 0.25) is 5.91 Å². The Morgan fingerprint density at radius 1 is 1.33 bits per heavy atom. The quantitative estimate of drug-likeness (QED) is 0.884. The highest BCUT2D eigenvalue weighted by molar-refractivity contribution is 5.86. The minimum atomic E-state index is -0.642. The van der Waals surface area contributed by atoms with Gasteiger partial charge in [-0.05, 0) is 45.6 Å². The summed E-state index contributed by atoms with van der Waals surface area (Å²) in [7, 11) is 0. The first-order valence-electron chi connectivity index (χ1n) is 8.53. The molecule has 134 valence electrons. The van der Waals surface area contributed by atoms with Gasteiger partial charge in [-0.2, -0.15) is 0 Å². The fourth-order valence-corrected chi connectivity index (χ4v) is 2.87. The molecule has 2 rings (SSSR count). The van der Waals surface area contributed by atoms with E-state index in [1.165, 1.54) is 0 Å². The smallest absolute Gasteiger partial charge is 0.408 e. The standard InChI is InChI=1S/C18H28N2O4/c1-11(2)15(20-17(22)24-18(3,4)5)16(21)19-13-7-6-8-14-12(13)9-10-23-14/h9-11,13,15H,6-8H2,1-5H3,(H,19,21)(H,20,22). The summed E-state index contributed by atoms with van der Waals surface area (Å²) in [5.74, 6) is 0.688. The first kappa shape index (κ1) is 18.4. The number of amides is 2. The van der Waals surface area contributed by atoms with Crippen molar-refractivity contribution >= 4 is 12.0 Å². The van der Waals surface area contributed by atoms with Crippen LogP contribution in [0, 0.1) is 5.92 Å². The lowest BCUT2D eigenvalue weighted by Gasteiger charge is -2.28. The van der Waals surface area contributed by atoms with E-state index < -0.39 is 17.7 Å². The van der Waals surface area contributed by atoms with Crippen molar-refractivity contribution in [3.63, 3.8) is 0 Å². The van der Waals surface area contributed by atoms with Gasteiger partial charge in [0.05, 0.1) is 12.3 Å². The number of carbonyl (C=O) groups is 2. The Balaban J connectivity index is 2.01. The van der Waals surface area contributed by atoms with E-state index in [-0.39, 0.29) is 17.9 Å². The van der Waals surface area contributed by atoms with Crippen LogP contribution in [-0.4, -0.2) is 23.6 Å². The zero-order valence-corrected chi connectivity index (χ0v) is 15.1. The maximum absolute atomic E-state index is 12.7. The van der Waals surface area contributed by atoms with Crippen molar-refractivity contribution in [2.24, 2.45) is 5.92 Å². The summed E-state index contributed by atoms with van der Waals surface area (Å²) < 4.78 is 10.7. The SMILES string of the molecule is CC(C)C(NC(=O)OC(C)(C)C)C(=O)NC1CCCc2occc21. The van der Waals surface area contributed by atoms with E-state index in [9.17, 15) is 9.59 Å². The molecule has 6 heteroatoms. The van der Waals surface area contributed by atoms with E-state index >= 15 is 0 Å². The topological polar surface area (TPSA) is 80.6 Å². The van der Waals surface area contributed by atoms with Crippen LogP contribution in [0.25, 0.3) is 0 Å². The molecule has 0 aromatic carbocycles. The van der Waals surface area contributed by atoms with E-state index in [2.05, 4.69) is 10.6 Å². The van der Waals surface area contributed by atoms with E-state index in [4.69, 9.17) is 9.15 Å². The first-order chi connectivity index (χ1) is 11.2. The molecule has 0 spiro atoms. The maximum Gasteiger partial charge on any atom is 0.408 e. The molecule has 2 unspecified atom stereocenters. The number of alkyl carbamates (subject to hydrolysis) is 1. The van der Waals surface area contributed by atoms with Gasteiger partial charge < -0.3 is 19.8 Å². The number of aryl methyl sites for hydroxylation is 1. The fourth-order valence-electron chi connectivity index (χ4n) is 2.87. The van der Waals surface area contributed by atoms with Crippen LogP contribution in [0.15, 0.2) is 16.7 Å². The van der Waals surface area contributed by atoms with Crippen molar-refractivity contribution in [2.75, 3.05) is 0 Å². The molecular formula is C18H28N2O4. The predicted octanol–water partition coefficient (Wildman–Crippen LogP) is 3.32. The second kappa shape index (κ2) is 7.28. The lowest BCUT2D eigenvalue weighted by molar-refractivity contribution is -0.125. The molecule has 6 nitrogen and oxygen atoms in total. The second-order valence-electron chi connectivity index (χ2n) is 7.62. The number of fused-ring (bicyclic) bond motifs is 1. The van der Waals surface area contributed by atoms with Crippen LogP contribution < -0.4 is 10.6 Å². The highest BCUT2D eigenvalue weighted by Gasteiger charge is 2.30. The molecule has 2 amide bonds. The number of ether oxygens (including phenoxy) is 1. The molecule has 0 saturated heterocycles. The Labute approximate surface area is 143 Å². The van der Waals surface area contributed by atoms with E-state index in [1.807, 2.05) is 19.9 Å². The average molecular weight is 336 g/mol. The van der Waals surface area contributed by atoms with Crippen LogP contribution in [0.2, 0.25) is 0 Å². The Kier molecular flexibility index (Phi) is 5.57. The Morgan fingerprint density at radius 2 is 2.04 bits per heavy atom. The minimum Gasteiger partial charge on any atom is -0.469 e. The van der Waals surface area contributed by atoms with E-state index in [1.54, 1.807) is 27.0 Å². The maximum atomic E-state index is 12.7. The van der Waals surface area contributed by atoms with E-state index in [0.29, 0.717) is 0 Å². The van der Waals surface area contributed by atoms with Gasteiger partial charge >= 0.3 is 6.09 Å². The summed E-state index contributed by atoms with van der Waals surface area (Å²) in [6, 6.07) is 1.20. The summed E-state index contributed by atoms with van der Waals surface area (Å²) in [6.45, 7) is 9.16. The van der Waals surface area contributed by atoms with Gasteiger partial charge in [0.25, 0.3) is 0 Å². The third-order valence-electron chi connectivity index (χ3n) is 3.99. The largest absolute Gasteiger partial charge is 0.469 e. The molecule has 1 heterocycles. The summed E-state index contributed by atoms with van der Waals surface area (Å²) in [6.07, 6.45) is 3.82. The van der Waals surface area contributed by atoms with E-state index in [0.717, 1.165) is 30.6 Å². The van der Waals surface area contributed by atoms with Crippen LogP contribution in [0.3, 0.4) is 0 Å². The van der Waals surface area contributed by atoms with Crippen LogP contribution in [0.4, 0.5) is 4.79 Å². The fraction of sp³-hybridized carbons (Fsp3) is 0.667. The molecule has 24 heavy (non-hydrogen) atoms. The van der Waals surface area contributed by atoms with Crippen molar-refractivity contribution in [3.05, 3.63) is 23.7 Å². The molecule has 2 atom stereocenters. The average Bonchev–Trinajstić information content (AvgIpc) is 2.92. The molecule has 0 fully saturated rings. The minimum absolute atomic E-state index is 0.0510. The van der Waals surface area contributed by atoms with Crippen molar-refractivity contribution < 1.29 is 18.7 Å². The lowest BCUT2D eigenvalue weighted by Crippen LogP contribution is -2.51. The van der Waals surface area contributed by atoms with Crippen LogP contribution >= 0.6 is 0 Å². The van der Waals surface area contributed by atoms with Gasteiger partial charge in [-0.3, -0.25) is 4.79 Å². The third-order valence-corrected chi connectivity index (χ3v) is 3.99. The molecule has 0 bridgehead atoms. The Hall–Kier alpha value is -1.98. The Bertz CT molecular complexity index is 586. The third kappa shape index (κ3) is 4.76. The van der Waals surface area contributed by atoms with Gasteiger partial charge in [-0.1, -0.05) is 13.8 Å². The zero-order valence-electron chi connectivity index (χ0n) is 15.1. The van der Waals surface area contributed by atoms with Gasteiger partial charge in [-0.25, -0.2) is 4.79 Å². The van der Waals surface area contributed by atoms with Gasteiger partial charge in [0.15, 0.2) is 0 Å². The summed E-state index contributed by atoms with van der Waals surface area (Å²) in [5, 5.41) is 5.73. The molecule has 0 saturated carbocycles. The summed E-state index contributed by atoms with van der Waals surface area (Å²) in [5.41, 5.74) is 0.436. The molecule has 0 aliphatic heterocycles. The molecule has 1 aliphatic rings. The van der Waals surface area contributed by atoms with Gasteiger partial charge in [0.1, 0.15) is 17.4 Å². The molecule has 0 radical (unpaired) electrons. The highest BCUT2D eigenvalue weighted by Crippen LogP contribution is 2.30. The number of furan rings is 1. The number of rotatable bonds is 4. The van der Waals surface area contributed by atoms with Crippen LogP contribution in [0.5, 0.6) is 0 Å². The lowest BCUT2D eigenvalue weighted by atomic mass is 9.92. The monoisotopic (exact) mass is 336 g/mol. The van der Waals surface area contributed by atoms with Crippen molar-refractivity contribution in [1.29, 1.82) is 0 Å². The molecule has 1 aliphatic carbocycles. The van der Waals surface area contributed by atoms with Gasteiger partial charge in [-0.15, -0.1) is 0 Å². The van der Waals surface area contributed by atoms with Crippen LogP contribution in [-0.2, 0) is 16.0 Å². The van der Waals surface area contributed by atoms with Crippen molar-refractivity contribution in [1.82, 2.24) is 10.6 Å². The molecule has 1 aromatic heterocycles. The number of nitrogens with one attached hydrogen (secondary N) is 2. The second-order valence-corrected chi connectivity index (χ2v) is 7.62.